The zero-order chi connectivity index (χ0) is 22.5. The third-order valence-corrected chi connectivity index (χ3v) is 5.87. The number of hydrogen-bond donors (Lipinski definition) is 1. The van der Waals surface area contributed by atoms with Gasteiger partial charge in [-0.15, -0.1) is 5.10 Å². The van der Waals surface area contributed by atoms with E-state index in [1.807, 2.05) is 18.2 Å². The molecule has 0 bridgehead atoms. The normalized spacial score (nSPS) is 12.4. The summed E-state index contributed by atoms with van der Waals surface area (Å²) in [6.07, 6.45) is 3.09. The van der Waals surface area contributed by atoms with Gasteiger partial charge in [-0.2, -0.15) is 5.10 Å². The Hall–Kier alpha value is -3.35. The van der Waals surface area contributed by atoms with E-state index in [9.17, 15) is 0 Å². The fraction of sp³-hybridized carbons (Fsp3) is 0.400. The first-order valence-electron chi connectivity index (χ1n) is 11.4. The van der Waals surface area contributed by atoms with Crippen LogP contribution < -0.4 is 0 Å². The van der Waals surface area contributed by atoms with Gasteiger partial charge in [-0.3, -0.25) is 0 Å². The van der Waals surface area contributed by atoms with Gasteiger partial charge in [-0.05, 0) is 45.9 Å². The van der Waals surface area contributed by atoms with E-state index in [1.54, 1.807) is 0 Å². The quantitative estimate of drug-likeness (QED) is 0.391. The third-order valence-electron chi connectivity index (χ3n) is 5.87. The Balaban J connectivity index is 1.57. The molecule has 0 aliphatic carbocycles. The second-order valence-corrected chi connectivity index (χ2v) is 8.78. The van der Waals surface area contributed by atoms with Crippen LogP contribution in [0.25, 0.3) is 22.5 Å². The summed E-state index contributed by atoms with van der Waals surface area (Å²) in [5.41, 5.74) is 4.40. The molecule has 0 aliphatic rings. The molecule has 32 heavy (non-hydrogen) atoms. The van der Waals surface area contributed by atoms with Crippen molar-refractivity contribution in [3.63, 3.8) is 0 Å². The molecular formula is C25H31N7. The lowest BCUT2D eigenvalue weighted by Gasteiger charge is -2.12. The fourth-order valence-electron chi connectivity index (χ4n) is 3.77. The lowest BCUT2D eigenvalue weighted by atomic mass is 9.98. The molecule has 0 amide bonds. The molecule has 7 nitrogen and oxygen atoms in total. The van der Waals surface area contributed by atoms with E-state index in [-0.39, 0.29) is 0 Å². The molecule has 1 unspecified atom stereocenters. The molecule has 0 radical (unpaired) electrons. The number of hydrogen-bond acceptors (Lipinski definition) is 5. The fourth-order valence-corrected chi connectivity index (χ4v) is 3.77. The molecule has 7 heteroatoms. The van der Waals surface area contributed by atoms with Crippen LogP contribution in [0.5, 0.6) is 0 Å². The molecule has 4 rings (SSSR count). The van der Waals surface area contributed by atoms with Gasteiger partial charge in [0.05, 0.1) is 6.54 Å². The Bertz CT molecular complexity index is 1130. The number of aromatic nitrogens is 7. The third kappa shape index (κ3) is 4.93. The molecule has 0 saturated heterocycles. The van der Waals surface area contributed by atoms with Crippen molar-refractivity contribution in [2.75, 3.05) is 0 Å². The summed E-state index contributed by atoms with van der Waals surface area (Å²) < 4.78 is 2.09. The molecule has 4 aromatic rings. The highest BCUT2D eigenvalue weighted by molar-refractivity contribution is 5.80. The summed E-state index contributed by atoms with van der Waals surface area (Å²) in [5.74, 6) is 3.74. The smallest absolute Gasteiger partial charge is 0.180 e. The van der Waals surface area contributed by atoms with Gasteiger partial charge in [0, 0.05) is 17.9 Å². The van der Waals surface area contributed by atoms with Crippen LogP contribution in [0.2, 0.25) is 0 Å². The first-order chi connectivity index (χ1) is 15.5. The van der Waals surface area contributed by atoms with Crippen LogP contribution in [-0.2, 0) is 13.0 Å². The predicted octanol–water partition coefficient (Wildman–Crippen LogP) is 5.28. The minimum Gasteiger partial charge on any atom is -0.245 e. The molecule has 1 N–H and O–H groups in total. The number of H-pyrrole nitrogens is 1. The van der Waals surface area contributed by atoms with Crippen molar-refractivity contribution in [2.24, 2.45) is 5.92 Å². The van der Waals surface area contributed by atoms with E-state index in [1.165, 1.54) is 5.56 Å². The van der Waals surface area contributed by atoms with Crippen LogP contribution >= 0.6 is 0 Å². The highest BCUT2D eigenvalue weighted by atomic mass is 15.5. The van der Waals surface area contributed by atoms with Crippen molar-refractivity contribution in [1.29, 1.82) is 0 Å². The molecule has 1 atom stereocenters. The summed E-state index contributed by atoms with van der Waals surface area (Å²) in [7, 11) is 0. The van der Waals surface area contributed by atoms with E-state index >= 15 is 0 Å². The van der Waals surface area contributed by atoms with Crippen molar-refractivity contribution < 1.29 is 0 Å². The van der Waals surface area contributed by atoms with Gasteiger partial charge in [0.25, 0.3) is 0 Å². The molecular weight excluding hydrogens is 398 g/mol. The van der Waals surface area contributed by atoms with Crippen molar-refractivity contribution >= 4 is 0 Å². The number of rotatable bonds is 9. The predicted molar refractivity (Wildman–Crippen MR) is 126 cm³/mol. The Morgan fingerprint density at radius 2 is 1.72 bits per heavy atom. The van der Waals surface area contributed by atoms with Crippen molar-refractivity contribution in [3.8, 4) is 22.5 Å². The minimum absolute atomic E-state index is 0.386. The Morgan fingerprint density at radius 1 is 0.969 bits per heavy atom. The highest BCUT2D eigenvalue weighted by Gasteiger charge is 2.16. The van der Waals surface area contributed by atoms with E-state index in [4.69, 9.17) is 10.1 Å². The van der Waals surface area contributed by atoms with Crippen LogP contribution in [0.3, 0.4) is 0 Å². The first-order valence-corrected chi connectivity index (χ1v) is 11.4. The molecule has 2 aromatic heterocycles. The maximum Gasteiger partial charge on any atom is 0.180 e. The highest BCUT2D eigenvalue weighted by Crippen LogP contribution is 2.30. The van der Waals surface area contributed by atoms with E-state index in [2.05, 4.69) is 83.3 Å². The van der Waals surface area contributed by atoms with Crippen LogP contribution in [-0.4, -0.2) is 35.4 Å². The van der Waals surface area contributed by atoms with Gasteiger partial charge in [0.15, 0.2) is 11.6 Å². The maximum atomic E-state index is 4.88. The summed E-state index contributed by atoms with van der Waals surface area (Å²) in [5, 5.41) is 19.2. The second-order valence-electron chi connectivity index (χ2n) is 8.78. The molecule has 2 aromatic carbocycles. The zero-order valence-corrected chi connectivity index (χ0v) is 19.3. The van der Waals surface area contributed by atoms with Gasteiger partial charge >= 0.3 is 0 Å². The number of benzene rings is 2. The van der Waals surface area contributed by atoms with E-state index < -0.39 is 0 Å². The molecule has 166 valence electrons. The summed E-state index contributed by atoms with van der Waals surface area (Å²) in [6, 6.07) is 16.8. The maximum absolute atomic E-state index is 4.88. The molecule has 0 fully saturated rings. The number of tetrazole rings is 1. The van der Waals surface area contributed by atoms with Crippen molar-refractivity contribution in [2.45, 2.75) is 59.4 Å². The largest absolute Gasteiger partial charge is 0.245 e. The standard InChI is InChI=1S/C25H31N7/c1-5-18(4)25-26-23(15-10-17(2)3)29-32(25)16-19-11-13-20(14-12-19)21-8-6-7-9-22(21)24-27-30-31-28-24/h6-9,11-14,17-18H,5,10,15-16H2,1-4H3,(H,27,28,30,31). The van der Waals surface area contributed by atoms with Gasteiger partial charge < -0.3 is 0 Å². The number of nitrogens with one attached hydrogen (secondary N) is 1. The second kappa shape index (κ2) is 9.85. The molecule has 0 spiro atoms. The lowest BCUT2D eigenvalue weighted by Crippen LogP contribution is -2.09. The van der Waals surface area contributed by atoms with E-state index in [0.717, 1.165) is 54.1 Å². The summed E-state index contributed by atoms with van der Waals surface area (Å²) in [6.45, 7) is 9.64. The SMILES string of the molecule is CCC(C)c1nc(CCC(C)C)nn1Cc1ccc(-c2ccccc2-c2nnn[nH]2)cc1. The molecule has 2 heterocycles. The van der Waals surface area contributed by atoms with Gasteiger partial charge in [-0.1, -0.05) is 76.2 Å². The van der Waals surface area contributed by atoms with Crippen molar-refractivity contribution in [1.82, 2.24) is 35.4 Å². The average molecular weight is 430 g/mol. The van der Waals surface area contributed by atoms with Crippen LogP contribution in [0, 0.1) is 5.92 Å². The monoisotopic (exact) mass is 429 g/mol. The van der Waals surface area contributed by atoms with Crippen LogP contribution in [0.15, 0.2) is 48.5 Å². The van der Waals surface area contributed by atoms with E-state index in [0.29, 0.717) is 17.7 Å². The Kier molecular flexibility index (Phi) is 6.73. The van der Waals surface area contributed by atoms with Gasteiger partial charge in [-0.25, -0.2) is 14.8 Å². The Labute approximate surface area is 189 Å². The van der Waals surface area contributed by atoms with Gasteiger partial charge in [0.1, 0.15) is 5.82 Å². The number of aromatic amines is 1. The lowest BCUT2D eigenvalue weighted by molar-refractivity contribution is 0.561. The molecule has 0 saturated carbocycles. The summed E-state index contributed by atoms with van der Waals surface area (Å²) >= 11 is 0. The summed E-state index contributed by atoms with van der Waals surface area (Å²) in [4.78, 5) is 4.88. The topological polar surface area (TPSA) is 85.2 Å². The minimum atomic E-state index is 0.386. The Morgan fingerprint density at radius 3 is 2.38 bits per heavy atom. The number of aryl methyl sites for hydroxylation is 1. The molecule has 0 aliphatic heterocycles. The number of nitrogens with zero attached hydrogens (tertiary/aromatic N) is 6. The first kappa shape index (κ1) is 21.9. The van der Waals surface area contributed by atoms with Crippen molar-refractivity contribution in [3.05, 3.63) is 65.7 Å². The zero-order valence-electron chi connectivity index (χ0n) is 19.3. The van der Waals surface area contributed by atoms with Gasteiger partial charge in [0.2, 0.25) is 0 Å². The average Bonchev–Trinajstić information content (AvgIpc) is 3.48. The van der Waals surface area contributed by atoms with Crippen LogP contribution in [0.4, 0.5) is 0 Å². The van der Waals surface area contributed by atoms with Crippen LogP contribution in [0.1, 0.15) is 63.7 Å².